The summed E-state index contributed by atoms with van der Waals surface area (Å²) in [5.41, 5.74) is 3.28. The standard InChI is InChI=1S/C25H21F3N2O5/c1-29(14-23(31)32)17-5-9-19(10-6-17)34-15-16-3-2-4-21-22(16)13-30(24(21)33)18-7-11-20(12-8-18)35-25(26,27)28/h2-12H,13-15H2,1H3,(H,31,32). The summed E-state index contributed by atoms with van der Waals surface area (Å²) >= 11 is 0. The molecule has 0 saturated carbocycles. The van der Waals surface area contributed by atoms with Crippen LogP contribution in [0.1, 0.15) is 21.5 Å². The van der Waals surface area contributed by atoms with E-state index in [2.05, 4.69) is 4.74 Å². The Morgan fingerprint density at radius 1 is 1.03 bits per heavy atom. The maximum absolute atomic E-state index is 12.9. The molecule has 0 spiro atoms. The van der Waals surface area contributed by atoms with Crippen LogP contribution in [-0.2, 0) is 17.9 Å². The molecule has 0 fully saturated rings. The van der Waals surface area contributed by atoms with Crippen molar-refractivity contribution in [1.29, 1.82) is 0 Å². The second-order valence-electron chi connectivity index (χ2n) is 7.91. The number of carboxylic acid groups (broad SMARTS) is 1. The first-order chi connectivity index (χ1) is 16.6. The number of benzene rings is 3. The van der Waals surface area contributed by atoms with Crippen molar-refractivity contribution in [3.05, 3.63) is 83.4 Å². The van der Waals surface area contributed by atoms with Crippen LogP contribution in [0.4, 0.5) is 24.5 Å². The van der Waals surface area contributed by atoms with Crippen molar-refractivity contribution in [1.82, 2.24) is 0 Å². The molecule has 0 aromatic heterocycles. The highest BCUT2D eigenvalue weighted by Crippen LogP contribution is 2.33. The fraction of sp³-hybridized carbons (Fsp3) is 0.200. The summed E-state index contributed by atoms with van der Waals surface area (Å²) in [5.74, 6) is -0.965. The van der Waals surface area contributed by atoms with Crippen LogP contribution in [0.2, 0.25) is 0 Å². The number of aliphatic carboxylic acids is 1. The van der Waals surface area contributed by atoms with Gasteiger partial charge in [-0.3, -0.25) is 9.59 Å². The number of fused-ring (bicyclic) bond motifs is 1. The number of alkyl halides is 3. The molecule has 182 valence electrons. The molecule has 1 amide bonds. The number of carbonyl (C=O) groups is 2. The van der Waals surface area contributed by atoms with E-state index in [1.807, 2.05) is 6.07 Å². The third kappa shape index (κ3) is 5.65. The molecule has 1 aliphatic heterocycles. The Morgan fingerprint density at radius 2 is 1.69 bits per heavy atom. The molecule has 10 heteroatoms. The van der Waals surface area contributed by atoms with Crippen molar-refractivity contribution in [2.75, 3.05) is 23.4 Å². The highest BCUT2D eigenvalue weighted by Gasteiger charge is 2.32. The molecule has 0 radical (unpaired) electrons. The van der Waals surface area contributed by atoms with Crippen molar-refractivity contribution in [2.45, 2.75) is 19.5 Å². The van der Waals surface area contributed by atoms with E-state index in [1.54, 1.807) is 48.3 Å². The van der Waals surface area contributed by atoms with Gasteiger partial charge in [-0.15, -0.1) is 13.2 Å². The summed E-state index contributed by atoms with van der Waals surface area (Å²) in [6, 6.07) is 17.4. The lowest BCUT2D eigenvalue weighted by Gasteiger charge is -2.17. The van der Waals surface area contributed by atoms with E-state index in [0.29, 0.717) is 17.0 Å². The summed E-state index contributed by atoms with van der Waals surface area (Å²) in [6.45, 7) is 0.331. The Labute approximate surface area is 198 Å². The van der Waals surface area contributed by atoms with Gasteiger partial charge in [-0.25, -0.2) is 0 Å². The van der Waals surface area contributed by atoms with Gasteiger partial charge in [0.2, 0.25) is 0 Å². The highest BCUT2D eigenvalue weighted by molar-refractivity contribution is 6.10. The molecule has 4 rings (SSSR count). The number of ether oxygens (including phenoxy) is 2. The number of amides is 1. The maximum atomic E-state index is 12.9. The van der Waals surface area contributed by atoms with Crippen LogP contribution < -0.4 is 19.3 Å². The number of carbonyl (C=O) groups excluding carboxylic acids is 1. The van der Waals surface area contributed by atoms with E-state index in [-0.39, 0.29) is 31.4 Å². The number of likely N-dealkylation sites (N-methyl/N-ethyl adjacent to an activating group) is 1. The molecular formula is C25H21F3N2O5. The first-order valence-corrected chi connectivity index (χ1v) is 10.5. The zero-order valence-electron chi connectivity index (χ0n) is 18.6. The Kier molecular flexibility index (Phi) is 6.54. The molecule has 3 aromatic carbocycles. The quantitative estimate of drug-likeness (QED) is 0.491. The summed E-state index contributed by atoms with van der Waals surface area (Å²) in [6.07, 6.45) is -4.79. The normalized spacial score (nSPS) is 12.9. The second kappa shape index (κ2) is 9.57. The number of hydrogen-bond donors (Lipinski definition) is 1. The molecule has 35 heavy (non-hydrogen) atoms. The van der Waals surface area contributed by atoms with E-state index in [1.165, 1.54) is 29.2 Å². The van der Waals surface area contributed by atoms with Crippen LogP contribution in [0, 0.1) is 0 Å². The maximum Gasteiger partial charge on any atom is 0.573 e. The van der Waals surface area contributed by atoms with Gasteiger partial charge in [0.15, 0.2) is 0 Å². The third-order valence-corrected chi connectivity index (χ3v) is 5.49. The van der Waals surface area contributed by atoms with Gasteiger partial charge in [0.05, 0.1) is 6.54 Å². The summed E-state index contributed by atoms with van der Waals surface area (Å²) in [5, 5.41) is 8.91. The smallest absolute Gasteiger partial charge is 0.489 e. The molecule has 0 saturated heterocycles. The zero-order valence-corrected chi connectivity index (χ0v) is 18.6. The first-order valence-electron chi connectivity index (χ1n) is 10.5. The van der Waals surface area contributed by atoms with Crippen LogP contribution in [0.25, 0.3) is 0 Å². The number of rotatable bonds is 8. The largest absolute Gasteiger partial charge is 0.573 e. The molecule has 0 atom stereocenters. The number of hydrogen-bond acceptors (Lipinski definition) is 5. The summed E-state index contributed by atoms with van der Waals surface area (Å²) in [4.78, 5) is 26.9. The van der Waals surface area contributed by atoms with Gasteiger partial charge < -0.3 is 24.4 Å². The van der Waals surface area contributed by atoms with Crippen molar-refractivity contribution in [3.63, 3.8) is 0 Å². The molecular weight excluding hydrogens is 465 g/mol. The fourth-order valence-corrected chi connectivity index (χ4v) is 3.82. The van der Waals surface area contributed by atoms with Crippen LogP contribution in [-0.4, -0.2) is 36.9 Å². The predicted octanol–water partition coefficient (Wildman–Crippen LogP) is 4.85. The number of nitrogens with zero attached hydrogens (tertiary/aromatic N) is 2. The topological polar surface area (TPSA) is 79.3 Å². The molecule has 3 aromatic rings. The third-order valence-electron chi connectivity index (χ3n) is 5.49. The molecule has 1 heterocycles. The first kappa shape index (κ1) is 23.9. The second-order valence-corrected chi connectivity index (χ2v) is 7.91. The van der Waals surface area contributed by atoms with Gasteiger partial charge in [0.1, 0.15) is 24.7 Å². The molecule has 0 bridgehead atoms. The number of halogens is 3. The minimum atomic E-state index is -4.79. The fourth-order valence-electron chi connectivity index (χ4n) is 3.82. The van der Waals surface area contributed by atoms with E-state index in [0.717, 1.165) is 16.8 Å². The SMILES string of the molecule is CN(CC(=O)O)c1ccc(OCc2cccc3c2CN(c2ccc(OC(F)(F)F)cc2)C3=O)cc1. The molecule has 7 nitrogen and oxygen atoms in total. The van der Waals surface area contributed by atoms with Crippen LogP contribution in [0.3, 0.4) is 0 Å². The number of anilines is 2. The van der Waals surface area contributed by atoms with E-state index in [4.69, 9.17) is 9.84 Å². The highest BCUT2D eigenvalue weighted by atomic mass is 19.4. The Balaban J connectivity index is 1.44. The van der Waals surface area contributed by atoms with Crippen LogP contribution >= 0.6 is 0 Å². The van der Waals surface area contributed by atoms with E-state index >= 15 is 0 Å². The van der Waals surface area contributed by atoms with Gasteiger partial charge in [-0.1, -0.05) is 12.1 Å². The van der Waals surface area contributed by atoms with Crippen LogP contribution in [0.15, 0.2) is 66.7 Å². The zero-order chi connectivity index (χ0) is 25.2. The van der Waals surface area contributed by atoms with Crippen molar-refractivity contribution in [2.24, 2.45) is 0 Å². The van der Waals surface area contributed by atoms with Crippen molar-refractivity contribution < 1.29 is 37.3 Å². The van der Waals surface area contributed by atoms with Gasteiger partial charge in [-0.2, -0.15) is 0 Å². The Hall–Kier alpha value is -4.21. The van der Waals surface area contributed by atoms with Gasteiger partial charge in [-0.05, 0) is 65.7 Å². The molecule has 1 aliphatic rings. The monoisotopic (exact) mass is 486 g/mol. The van der Waals surface area contributed by atoms with E-state index in [9.17, 15) is 22.8 Å². The minimum absolute atomic E-state index is 0.126. The van der Waals surface area contributed by atoms with Crippen molar-refractivity contribution >= 4 is 23.3 Å². The lowest BCUT2D eigenvalue weighted by Crippen LogP contribution is -2.24. The number of carboxylic acids is 1. The average molecular weight is 486 g/mol. The lowest BCUT2D eigenvalue weighted by molar-refractivity contribution is -0.274. The Morgan fingerprint density at radius 3 is 2.31 bits per heavy atom. The lowest BCUT2D eigenvalue weighted by atomic mass is 10.0. The summed E-state index contributed by atoms with van der Waals surface area (Å²) in [7, 11) is 1.68. The van der Waals surface area contributed by atoms with Gasteiger partial charge in [0, 0.05) is 24.0 Å². The van der Waals surface area contributed by atoms with E-state index < -0.39 is 12.3 Å². The van der Waals surface area contributed by atoms with Crippen LogP contribution in [0.5, 0.6) is 11.5 Å². The molecule has 1 N–H and O–H groups in total. The Bertz CT molecular complexity index is 1230. The summed E-state index contributed by atoms with van der Waals surface area (Å²) < 4.78 is 47.0. The molecule has 0 unspecified atom stereocenters. The van der Waals surface area contributed by atoms with Gasteiger partial charge >= 0.3 is 12.3 Å². The van der Waals surface area contributed by atoms with Gasteiger partial charge in [0.25, 0.3) is 5.91 Å². The predicted molar refractivity (Wildman–Crippen MR) is 122 cm³/mol. The van der Waals surface area contributed by atoms with Crippen molar-refractivity contribution in [3.8, 4) is 11.5 Å². The minimum Gasteiger partial charge on any atom is -0.489 e. The average Bonchev–Trinajstić information content (AvgIpc) is 3.14. The molecule has 0 aliphatic carbocycles.